The molecule has 4 aliphatic rings. The molecule has 2 N–H and O–H groups in total. The van der Waals surface area contributed by atoms with Gasteiger partial charge in [-0.15, -0.1) is 0 Å². The number of anilines is 1. The maximum absolute atomic E-state index is 15.6. The fourth-order valence-electron chi connectivity index (χ4n) is 5.64. The lowest BCUT2D eigenvalue weighted by Gasteiger charge is -2.42. The van der Waals surface area contributed by atoms with Crippen molar-refractivity contribution < 1.29 is 33.1 Å². The highest BCUT2D eigenvalue weighted by atomic mass is 19.1. The third-order valence-corrected chi connectivity index (χ3v) is 7.78. The van der Waals surface area contributed by atoms with E-state index in [9.17, 15) is 19.2 Å². The number of alkyl halides is 1. The number of hydrogen-bond acceptors (Lipinski definition) is 6. The monoisotopic (exact) mass is 505 g/mol. The summed E-state index contributed by atoms with van der Waals surface area (Å²) in [6.07, 6.45) is -0.352. The van der Waals surface area contributed by atoms with Gasteiger partial charge >= 0.3 is 6.09 Å². The molecule has 3 saturated heterocycles. The number of piperidine rings is 2. The Bertz CT molecular complexity index is 1100. The maximum Gasteiger partial charge on any atom is 0.407 e. The van der Waals surface area contributed by atoms with Gasteiger partial charge in [-0.1, -0.05) is 0 Å². The van der Waals surface area contributed by atoms with Crippen molar-refractivity contribution in [2.45, 2.75) is 43.9 Å². The second-order valence-electron chi connectivity index (χ2n) is 10.0. The molecule has 0 aromatic heterocycles. The number of imide groups is 1. The Morgan fingerprint density at radius 2 is 1.78 bits per heavy atom. The fourth-order valence-corrected chi connectivity index (χ4v) is 5.64. The molecule has 12 heteroatoms. The lowest BCUT2D eigenvalue weighted by molar-refractivity contribution is -0.136. The summed E-state index contributed by atoms with van der Waals surface area (Å²) in [6, 6.07) is 2.36. The predicted octanol–water partition coefficient (Wildman–Crippen LogP) is 1.19. The van der Waals surface area contributed by atoms with E-state index in [-0.39, 0.29) is 68.9 Å². The molecule has 4 aliphatic heterocycles. The van der Waals surface area contributed by atoms with E-state index in [1.165, 1.54) is 9.80 Å². The summed E-state index contributed by atoms with van der Waals surface area (Å²) in [5.41, 5.74) is -0.590. The van der Waals surface area contributed by atoms with E-state index in [2.05, 4.69) is 5.32 Å². The number of carbonyl (C=O) groups is 4. The van der Waals surface area contributed by atoms with E-state index < -0.39 is 35.4 Å². The highest BCUT2D eigenvalue weighted by Crippen LogP contribution is 2.34. The zero-order valence-corrected chi connectivity index (χ0v) is 19.8. The van der Waals surface area contributed by atoms with Gasteiger partial charge < -0.3 is 19.8 Å². The van der Waals surface area contributed by atoms with Crippen molar-refractivity contribution in [1.82, 2.24) is 20.0 Å². The SMILES string of the molecule is O=C1CCC(N2Cc3c(ccc(N4CCN(CC5(F)CCN(C(=O)O)CC5)CC4)c3F)C2=O)C(=O)N1. The van der Waals surface area contributed by atoms with Crippen molar-refractivity contribution in [3.05, 3.63) is 29.1 Å². The molecule has 4 heterocycles. The number of carboxylic acid groups (broad SMARTS) is 1. The molecule has 3 fully saturated rings. The third-order valence-electron chi connectivity index (χ3n) is 7.78. The summed E-state index contributed by atoms with van der Waals surface area (Å²) < 4.78 is 30.8. The van der Waals surface area contributed by atoms with Crippen LogP contribution >= 0.6 is 0 Å². The average Bonchev–Trinajstić information content (AvgIpc) is 3.17. The van der Waals surface area contributed by atoms with Gasteiger partial charge in [0.25, 0.3) is 5.91 Å². The summed E-state index contributed by atoms with van der Waals surface area (Å²) >= 11 is 0. The topological polar surface area (TPSA) is 114 Å². The fraction of sp³-hybridized carbons (Fsp3) is 0.583. The zero-order chi connectivity index (χ0) is 25.6. The number of piperazine rings is 1. The lowest BCUT2D eigenvalue weighted by atomic mass is 9.92. The molecule has 0 bridgehead atoms. The number of nitrogens with zero attached hydrogens (tertiary/aromatic N) is 4. The largest absolute Gasteiger partial charge is 0.465 e. The molecule has 1 unspecified atom stereocenters. The van der Waals surface area contributed by atoms with Crippen LogP contribution < -0.4 is 10.2 Å². The van der Waals surface area contributed by atoms with E-state index in [1.807, 2.05) is 9.80 Å². The smallest absolute Gasteiger partial charge is 0.407 e. The zero-order valence-electron chi connectivity index (χ0n) is 19.8. The Labute approximate surface area is 206 Å². The van der Waals surface area contributed by atoms with Gasteiger partial charge in [0.2, 0.25) is 11.8 Å². The van der Waals surface area contributed by atoms with E-state index in [1.54, 1.807) is 12.1 Å². The van der Waals surface area contributed by atoms with Gasteiger partial charge in [-0.25, -0.2) is 13.6 Å². The summed E-state index contributed by atoms with van der Waals surface area (Å²) in [4.78, 5) is 54.1. The van der Waals surface area contributed by atoms with E-state index >= 15 is 8.78 Å². The molecular weight excluding hydrogens is 476 g/mol. The number of benzene rings is 1. The molecule has 10 nitrogen and oxygen atoms in total. The standard InChI is InChI=1S/C24H29F2N5O5/c25-20-16-13-31(18-3-4-19(32)27-21(18)33)22(34)15(16)1-2-17(20)29-11-9-28(10-12-29)14-24(26)5-7-30(8-6-24)23(35)36/h1-2,18H,3-14H2,(H,35,36)(H,27,32,33). The Hall–Kier alpha value is -3.28. The van der Waals surface area contributed by atoms with Crippen LogP contribution in [0.25, 0.3) is 0 Å². The molecule has 36 heavy (non-hydrogen) atoms. The quantitative estimate of drug-likeness (QED) is 0.591. The van der Waals surface area contributed by atoms with Gasteiger partial charge in [0.1, 0.15) is 11.7 Å². The van der Waals surface area contributed by atoms with E-state index in [0.29, 0.717) is 31.9 Å². The number of carbonyl (C=O) groups excluding carboxylic acids is 3. The molecule has 1 aromatic rings. The van der Waals surface area contributed by atoms with Gasteiger partial charge in [-0.2, -0.15) is 0 Å². The summed E-state index contributed by atoms with van der Waals surface area (Å²) in [5.74, 6) is -1.83. The number of rotatable bonds is 4. The Morgan fingerprint density at radius 3 is 2.42 bits per heavy atom. The minimum Gasteiger partial charge on any atom is -0.465 e. The summed E-state index contributed by atoms with van der Waals surface area (Å²) in [6.45, 7) is 2.59. The molecule has 0 radical (unpaired) electrons. The van der Waals surface area contributed by atoms with Crippen LogP contribution in [-0.2, 0) is 16.1 Å². The van der Waals surface area contributed by atoms with Crippen LogP contribution in [0.4, 0.5) is 19.3 Å². The van der Waals surface area contributed by atoms with Gasteiger partial charge in [-0.3, -0.25) is 24.6 Å². The first kappa shape index (κ1) is 24.4. The van der Waals surface area contributed by atoms with Crippen LogP contribution in [0.1, 0.15) is 41.6 Å². The highest BCUT2D eigenvalue weighted by molar-refractivity contribution is 6.05. The second-order valence-corrected chi connectivity index (χ2v) is 10.0. The molecular formula is C24H29F2N5O5. The first-order valence-electron chi connectivity index (χ1n) is 12.3. The van der Waals surface area contributed by atoms with Crippen molar-refractivity contribution in [1.29, 1.82) is 0 Å². The minimum absolute atomic E-state index is 0.0299. The van der Waals surface area contributed by atoms with E-state index in [4.69, 9.17) is 5.11 Å². The van der Waals surface area contributed by atoms with Crippen molar-refractivity contribution in [2.75, 3.05) is 50.7 Å². The molecule has 5 rings (SSSR count). The molecule has 1 atom stereocenters. The van der Waals surface area contributed by atoms with Gasteiger partial charge in [0.15, 0.2) is 5.82 Å². The van der Waals surface area contributed by atoms with Crippen molar-refractivity contribution in [3.8, 4) is 0 Å². The number of hydrogen-bond donors (Lipinski definition) is 2. The first-order chi connectivity index (χ1) is 17.1. The second kappa shape index (κ2) is 9.30. The highest BCUT2D eigenvalue weighted by Gasteiger charge is 2.41. The number of fused-ring (bicyclic) bond motifs is 1. The van der Waals surface area contributed by atoms with Gasteiger partial charge in [0, 0.05) is 76.2 Å². The van der Waals surface area contributed by atoms with Crippen LogP contribution in [0.5, 0.6) is 0 Å². The lowest BCUT2D eigenvalue weighted by Crippen LogP contribution is -2.54. The third kappa shape index (κ3) is 4.49. The number of likely N-dealkylation sites (tertiary alicyclic amines) is 1. The number of nitrogens with one attached hydrogen (secondary N) is 1. The Morgan fingerprint density at radius 1 is 1.08 bits per heavy atom. The summed E-state index contributed by atoms with van der Waals surface area (Å²) in [7, 11) is 0. The maximum atomic E-state index is 15.6. The van der Waals surface area contributed by atoms with Crippen molar-refractivity contribution in [2.24, 2.45) is 0 Å². The molecule has 1 aromatic carbocycles. The van der Waals surface area contributed by atoms with Crippen molar-refractivity contribution >= 4 is 29.5 Å². The van der Waals surface area contributed by atoms with Crippen LogP contribution in [0, 0.1) is 5.82 Å². The molecule has 0 aliphatic carbocycles. The van der Waals surface area contributed by atoms with Crippen molar-refractivity contribution in [3.63, 3.8) is 0 Å². The van der Waals surface area contributed by atoms with E-state index in [0.717, 1.165) is 0 Å². The van der Waals surface area contributed by atoms with Crippen LogP contribution in [-0.4, -0.2) is 101 Å². The Kier molecular flexibility index (Phi) is 6.31. The number of halogens is 2. The normalized spacial score (nSPS) is 24.7. The minimum atomic E-state index is -1.44. The molecule has 4 amide bonds. The first-order valence-corrected chi connectivity index (χ1v) is 12.3. The van der Waals surface area contributed by atoms with Gasteiger partial charge in [-0.05, 0) is 18.6 Å². The molecule has 0 spiro atoms. The predicted molar refractivity (Wildman–Crippen MR) is 124 cm³/mol. The van der Waals surface area contributed by atoms with Crippen LogP contribution in [0.3, 0.4) is 0 Å². The Balaban J connectivity index is 1.21. The molecule has 0 saturated carbocycles. The average molecular weight is 506 g/mol. The van der Waals surface area contributed by atoms with Gasteiger partial charge in [0.05, 0.1) is 12.2 Å². The molecule has 194 valence electrons. The summed E-state index contributed by atoms with van der Waals surface area (Å²) in [5, 5.41) is 11.3. The number of amides is 4. The van der Waals surface area contributed by atoms with Crippen LogP contribution in [0.15, 0.2) is 12.1 Å². The van der Waals surface area contributed by atoms with Crippen LogP contribution in [0.2, 0.25) is 0 Å².